The third-order valence-corrected chi connectivity index (χ3v) is 5.60. The van der Waals surface area contributed by atoms with Crippen LogP contribution in [-0.4, -0.2) is 23.4 Å². The number of nitrogens with zero attached hydrogens (tertiary/aromatic N) is 1. The minimum Gasteiger partial charge on any atom is -0.326 e. The molecule has 0 heterocycles. The molecular weight excluding hydrogens is 400 g/mol. The van der Waals surface area contributed by atoms with Crippen LogP contribution in [0, 0.1) is 0 Å². The Morgan fingerprint density at radius 3 is 2.52 bits per heavy atom. The van der Waals surface area contributed by atoms with Crippen LogP contribution in [0.3, 0.4) is 0 Å². The van der Waals surface area contributed by atoms with Crippen LogP contribution in [0.15, 0.2) is 71.2 Å². The van der Waals surface area contributed by atoms with Crippen LogP contribution in [0.25, 0.3) is 10.8 Å². The first-order chi connectivity index (χ1) is 13.2. The Hall–Kier alpha value is -2.17. The highest BCUT2D eigenvalue weighted by atomic mass is 79.9. The maximum absolute atomic E-state index is 12.4. The molecule has 0 aromatic heterocycles. The fraction of sp³-hybridized carbons (Fsp3) is 0.261. The fourth-order valence-corrected chi connectivity index (χ4v) is 3.75. The van der Waals surface area contributed by atoms with Crippen molar-refractivity contribution in [1.82, 2.24) is 4.90 Å². The maximum atomic E-state index is 12.4. The summed E-state index contributed by atoms with van der Waals surface area (Å²) in [7, 11) is 0. The molecule has 1 fully saturated rings. The topological polar surface area (TPSA) is 32.3 Å². The zero-order valence-electron chi connectivity index (χ0n) is 15.2. The molecule has 3 nitrogen and oxygen atoms in total. The third-order valence-electron chi connectivity index (χ3n) is 5.07. The molecule has 1 amide bonds. The van der Waals surface area contributed by atoms with Crippen LogP contribution in [0.4, 0.5) is 5.69 Å². The standard InChI is InChI=1S/C23H23BrN2O/c24-19-8-10-20(11-9-19)25-23(27)14-15-26(21-12-13-21)16-18-6-3-5-17-4-1-2-7-22(17)18/h1-11,21H,12-16H2,(H,25,27). The molecule has 0 bridgehead atoms. The molecule has 0 atom stereocenters. The number of rotatable bonds is 7. The van der Waals surface area contributed by atoms with Crippen LogP contribution in [0.2, 0.25) is 0 Å². The summed E-state index contributed by atoms with van der Waals surface area (Å²) in [5.74, 6) is 0.0703. The largest absolute Gasteiger partial charge is 0.326 e. The van der Waals surface area contributed by atoms with Crippen molar-refractivity contribution in [1.29, 1.82) is 0 Å². The maximum Gasteiger partial charge on any atom is 0.225 e. The van der Waals surface area contributed by atoms with Gasteiger partial charge in [0, 0.05) is 35.7 Å². The Labute approximate surface area is 168 Å². The van der Waals surface area contributed by atoms with Crippen molar-refractivity contribution in [3.8, 4) is 0 Å². The Balaban J connectivity index is 1.39. The van der Waals surface area contributed by atoms with E-state index in [0.29, 0.717) is 12.5 Å². The highest BCUT2D eigenvalue weighted by Crippen LogP contribution is 2.30. The van der Waals surface area contributed by atoms with Gasteiger partial charge in [0.1, 0.15) is 0 Å². The van der Waals surface area contributed by atoms with Gasteiger partial charge < -0.3 is 5.32 Å². The number of amides is 1. The second-order valence-electron chi connectivity index (χ2n) is 7.14. The fourth-order valence-electron chi connectivity index (χ4n) is 3.48. The van der Waals surface area contributed by atoms with Gasteiger partial charge in [-0.2, -0.15) is 0 Å². The van der Waals surface area contributed by atoms with E-state index in [4.69, 9.17) is 0 Å². The van der Waals surface area contributed by atoms with Gasteiger partial charge in [0.15, 0.2) is 0 Å². The lowest BCUT2D eigenvalue weighted by Gasteiger charge is -2.22. The predicted molar refractivity (Wildman–Crippen MR) is 115 cm³/mol. The van der Waals surface area contributed by atoms with Crippen LogP contribution < -0.4 is 5.32 Å². The van der Waals surface area contributed by atoms with E-state index in [-0.39, 0.29) is 5.91 Å². The summed E-state index contributed by atoms with van der Waals surface area (Å²) in [4.78, 5) is 14.8. The normalized spacial score (nSPS) is 13.9. The zero-order chi connectivity index (χ0) is 18.6. The van der Waals surface area contributed by atoms with E-state index >= 15 is 0 Å². The Morgan fingerprint density at radius 1 is 1.00 bits per heavy atom. The molecule has 0 radical (unpaired) electrons. The smallest absolute Gasteiger partial charge is 0.225 e. The number of fused-ring (bicyclic) bond motifs is 1. The lowest BCUT2D eigenvalue weighted by Crippen LogP contribution is -2.29. The first kappa shape index (κ1) is 18.2. The molecule has 1 aliphatic rings. The number of hydrogen-bond donors (Lipinski definition) is 1. The van der Waals surface area contributed by atoms with Crippen molar-refractivity contribution in [2.45, 2.75) is 31.8 Å². The lowest BCUT2D eigenvalue weighted by molar-refractivity contribution is -0.116. The molecule has 3 aromatic rings. The molecule has 4 heteroatoms. The average molecular weight is 423 g/mol. The van der Waals surface area contributed by atoms with Crippen molar-refractivity contribution >= 4 is 38.3 Å². The van der Waals surface area contributed by atoms with Gasteiger partial charge in [-0.25, -0.2) is 0 Å². The second-order valence-corrected chi connectivity index (χ2v) is 8.06. The molecule has 27 heavy (non-hydrogen) atoms. The molecule has 1 N–H and O–H groups in total. The monoisotopic (exact) mass is 422 g/mol. The lowest BCUT2D eigenvalue weighted by atomic mass is 10.0. The summed E-state index contributed by atoms with van der Waals surface area (Å²) < 4.78 is 1.01. The summed E-state index contributed by atoms with van der Waals surface area (Å²) in [6.07, 6.45) is 2.98. The van der Waals surface area contributed by atoms with Gasteiger partial charge in [-0.1, -0.05) is 58.4 Å². The van der Waals surface area contributed by atoms with Crippen molar-refractivity contribution in [2.24, 2.45) is 0 Å². The van der Waals surface area contributed by atoms with Gasteiger partial charge in [-0.05, 0) is 53.4 Å². The summed E-state index contributed by atoms with van der Waals surface area (Å²) >= 11 is 3.41. The van der Waals surface area contributed by atoms with Crippen molar-refractivity contribution in [3.05, 3.63) is 76.8 Å². The molecular formula is C23H23BrN2O. The minimum atomic E-state index is 0.0703. The second kappa shape index (κ2) is 8.24. The Bertz CT molecular complexity index is 929. The molecule has 0 unspecified atom stereocenters. The van der Waals surface area contributed by atoms with Gasteiger partial charge >= 0.3 is 0 Å². The quantitative estimate of drug-likeness (QED) is 0.537. The van der Waals surface area contributed by atoms with Crippen molar-refractivity contribution in [2.75, 3.05) is 11.9 Å². The van der Waals surface area contributed by atoms with Gasteiger partial charge in [0.2, 0.25) is 5.91 Å². The van der Waals surface area contributed by atoms with E-state index in [1.54, 1.807) is 0 Å². The van der Waals surface area contributed by atoms with Gasteiger partial charge in [0.05, 0.1) is 0 Å². The van der Waals surface area contributed by atoms with Crippen LogP contribution >= 0.6 is 15.9 Å². The number of anilines is 1. The first-order valence-electron chi connectivity index (χ1n) is 9.45. The summed E-state index contributed by atoms with van der Waals surface area (Å²) in [6.45, 7) is 1.69. The van der Waals surface area contributed by atoms with E-state index in [1.165, 1.54) is 29.2 Å². The van der Waals surface area contributed by atoms with Crippen LogP contribution in [-0.2, 0) is 11.3 Å². The number of carbonyl (C=O) groups is 1. The van der Waals surface area contributed by atoms with E-state index in [9.17, 15) is 4.79 Å². The Morgan fingerprint density at radius 2 is 1.74 bits per heavy atom. The molecule has 4 rings (SSSR count). The van der Waals surface area contributed by atoms with Gasteiger partial charge in [0.25, 0.3) is 0 Å². The summed E-state index contributed by atoms with van der Waals surface area (Å²) in [6, 6.07) is 23.3. The van der Waals surface area contributed by atoms with E-state index in [1.807, 2.05) is 24.3 Å². The van der Waals surface area contributed by atoms with E-state index in [2.05, 4.69) is 68.6 Å². The number of hydrogen-bond acceptors (Lipinski definition) is 2. The zero-order valence-corrected chi connectivity index (χ0v) is 16.8. The molecule has 138 valence electrons. The molecule has 0 saturated heterocycles. The number of benzene rings is 3. The first-order valence-corrected chi connectivity index (χ1v) is 10.2. The number of carbonyl (C=O) groups excluding carboxylic acids is 1. The molecule has 0 spiro atoms. The molecule has 0 aliphatic heterocycles. The molecule has 3 aromatic carbocycles. The summed E-state index contributed by atoms with van der Waals surface area (Å²) in [5.41, 5.74) is 2.18. The van der Waals surface area contributed by atoms with E-state index < -0.39 is 0 Å². The van der Waals surface area contributed by atoms with Gasteiger partial charge in [-0.15, -0.1) is 0 Å². The van der Waals surface area contributed by atoms with Crippen molar-refractivity contribution < 1.29 is 4.79 Å². The summed E-state index contributed by atoms with van der Waals surface area (Å²) in [5, 5.41) is 5.58. The average Bonchev–Trinajstić information content (AvgIpc) is 3.52. The predicted octanol–water partition coefficient (Wildman–Crippen LogP) is 5.60. The number of nitrogens with one attached hydrogen (secondary N) is 1. The van der Waals surface area contributed by atoms with E-state index in [0.717, 1.165) is 23.2 Å². The molecule has 1 saturated carbocycles. The minimum absolute atomic E-state index is 0.0703. The Kier molecular flexibility index (Phi) is 5.55. The van der Waals surface area contributed by atoms with Gasteiger partial charge in [-0.3, -0.25) is 9.69 Å². The highest BCUT2D eigenvalue weighted by molar-refractivity contribution is 9.10. The molecule has 1 aliphatic carbocycles. The van der Waals surface area contributed by atoms with Crippen LogP contribution in [0.5, 0.6) is 0 Å². The number of halogens is 1. The highest BCUT2D eigenvalue weighted by Gasteiger charge is 2.29. The van der Waals surface area contributed by atoms with Crippen molar-refractivity contribution in [3.63, 3.8) is 0 Å². The van der Waals surface area contributed by atoms with Crippen LogP contribution in [0.1, 0.15) is 24.8 Å². The third kappa shape index (κ3) is 4.76. The SMILES string of the molecule is O=C(CCN(Cc1cccc2ccccc12)C1CC1)Nc1ccc(Br)cc1.